The number of fused-ring (bicyclic) bond motifs is 5. The molecule has 35 heavy (non-hydrogen) atoms. The zero-order valence-electron chi connectivity index (χ0n) is 22.9. The van der Waals surface area contributed by atoms with Gasteiger partial charge in [-0.1, -0.05) is 13.8 Å². The minimum Gasteiger partial charge on any atom is -0.391 e. The Balaban J connectivity index is 1.21. The number of aliphatic hydroxyl groups excluding tert-OH is 2. The van der Waals surface area contributed by atoms with Crippen LogP contribution in [-0.4, -0.2) is 121 Å². The van der Waals surface area contributed by atoms with Crippen molar-refractivity contribution in [2.45, 2.75) is 83.1 Å². The molecule has 6 rings (SSSR count). The van der Waals surface area contributed by atoms with E-state index in [9.17, 15) is 10.2 Å². The van der Waals surface area contributed by atoms with E-state index < -0.39 is 0 Å². The van der Waals surface area contributed by atoms with E-state index in [1.807, 2.05) is 0 Å². The summed E-state index contributed by atoms with van der Waals surface area (Å²) in [6.45, 7) is 14.0. The maximum Gasteiger partial charge on any atom is 0.0751 e. The summed E-state index contributed by atoms with van der Waals surface area (Å²) in [5, 5.41) is 23.0. The van der Waals surface area contributed by atoms with E-state index >= 15 is 0 Å². The van der Waals surface area contributed by atoms with Crippen molar-refractivity contribution < 1.29 is 10.2 Å². The average Bonchev–Trinajstić information content (AvgIpc) is 3.11. The van der Waals surface area contributed by atoms with E-state index in [1.54, 1.807) is 0 Å². The summed E-state index contributed by atoms with van der Waals surface area (Å²) >= 11 is 0. The predicted molar refractivity (Wildman–Crippen MR) is 140 cm³/mol. The van der Waals surface area contributed by atoms with Crippen molar-refractivity contribution in [3.63, 3.8) is 0 Å². The van der Waals surface area contributed by atoms with Crippen molar-refractivity contribution in [1.82, 2.24) is 19.6 Å². The van der Waals surface area contributed by atoms with E-state index in [0.717, 1.165) is 70.6 Å². The summed E-state index contributed by atoms with van der Waals surface area (Å²) in [6, 6.07) is 0.693. The van der Waals surface area contributed by atoms with Crippen molar-refractivity contribution in [2.24, 2.45) is 34.5 Å². The fourth-order valence-corrected chi connectivity index (χ4v) is 10.3. The fraction of sp³-hybridized carbons (Fsp3) is 1.00. The molecule has 0 aromatic carbocycles. The molecular formula is C29H52N4O2. The number of hydrogen-bond donors (Lipinski definition) is 2. The van der Waals surface area contributed by atoms with Crippen molar-refractivity contribution in [3.8, 4) is 0 Å². The van der Waals surface area contributed by atoms with Crippen LogP contribution in [0.15, 0.2) is 0 Å². The Morgan fingerprint density at radius 1 is 0.657 bits per heavy atom. The third-order valence-corrected chi connectivity index (χ3v) is 12.7. The molecule has 6 fully saturated rings. The molecule has 4 saturated carbocycles. The first-order valence-corrected chi connectivity index (χ1v) is 14.9. The monoisotopic (exact) mass is 488 g/mol. The van der Waals surface area contributed by atoms with E-state index in [4.69, 9.17) is 0 Å². The van der Waals surface area contributed by atoms with Gasteiger partial charge < -0.3 is 20.0 Å². The molecule has 0 aromatic heterocycles. The third kappa shape index (κ3) is 4.04. The van der Waals surface area contributed by atoms with Gasteiger partial charge in [-0.25, -0.2) is 0 Å². The van der Waals surface area contributed by atoms with Gasteiger partial charge in [0.15, 0.2) is 0 Å². The molecule has 10 atom stereocenters. The van der Waals surface area contributed by atoms with Gasteiger partial charge in [0, 0.05) is 64.4 Å². The second kappa shape index (κ2) is 9.20. The van der Waals surface area contributed by atoms with Crippen molar-refractivity contribution in [1.29, 1.82) is 0 Å². The predicted octanol–water partition coefficient (Wildman–Crippen LogP) is 2.20. The van der Waals surface area contributed by atoms with E-state index in [1.165, 1.54) is 38.5 Å². The topological polar surface area (TPSA) is 53.4 Å². The summed E-state index contributed by atoms with van der Waals surface area (Å²) in [6.07, 6.45) is 8.13. The number of rotatable bonds is 2. The average molecular weight is 489 g/mol. The molecule has 2 saturated heterocycles. The summed E-state index contributed by atoms with van der Waals surface area (Å²) < 4.78 is 0. The normalized spacial score (nSPS) is 52.6. The van der Waals surface area contributed by atoms with Gasteiger partial charge in [0.1, 0.15) is 0 Å². The third-order valence-electron chi connectivity index (χ3n) is 12.7. The second-order valence-corrected chi connectivity index (χ2v) is 14.2. The number of hydrogen-bond acceptors (Lipinski definition) is 6. The molecule has 200 valence electrons. The number of likely N-dealkylation sites (N-methyl/N-ethyl adjacent to an activating group) is 2. The lowest BCUT2D eigenvalue weighted by Gasteiger charge is -2.62. The Labute approximate surface area is 214 Å². The minimum absolute atomic E-state index is 0.0867. The highest BCUT2D eigenvalue weighted by molar-refractivity contribution is 5.14. The molecular weight excluding hydrogens is 436 g/mol. The molecule has 6 heteroatoms. The highest BCUT2D eigenvalue weighted by Crippen LogP contribution is 2.66. The Bertz CT molecular complexity index is 766. The van der Waals surface area contributed by atoms with Crippen LogP contribution in [0, 0.1) is 34.5 Å². The van der Waals surface area contributed by atoms with E-state index in [0.29, 0.717) is 29.3 Å². The molecule has 2 aliphatic heterocycles. The van der Waals surface area contributed by atoms with Crippen molar-refractivity contribution in [2.75, 3.05) is 66.5 Å². The molecule has 0 radical (unpaired) electrons. The standard InChI is InChI=1S/C29H52N4O2/c1-28-8-7-22-21(23(28)18-24(27(28)35)32-13-9-30(3)10-14-32)6-5-20-17-26(34)25(19-29(20,22)2)33-15-11-31(4)12-16-33/h20-27,34-35H,5-19H2,1-4H3/t20-,21+,22-,23-,24-,25-,26+,27+,28-,29-/m0/s1. The molecule has 0 amide bonds. The molecule has 2 heterocycles. The Kier molecular flexibility index (Phi) is 6.59. The lowest BCUT2D eigenvalue weighted by Crippen LogP contribution is -2.61. The molecule has 0 bridgehead atoms. The lowest BCUT2D eigenvalue weighted by molar-refractivity contribution is -0.155. The number of piperazine rings is 2. The highest BCUT2D eigenvalue weighted by atomic mass is 16.3. The summed E-state index contributed by atoms with van der Waals surface area (Å²) in [7, 11) is 4.45. The summed E-state index contributed by atoms with van der Waals surface area (Å²) in [5.41, 5.74) is 0.428. The van der Waals surface area contributed by atoms with Gasteiger partial charge in [-0.3, -0.25) is 9.80 Å². The summed E-state index contributed by atoms with van der Waals surface area (Å²) in [5.74, 6) is 2.85. The maximum absolute atomic E-state index is 11.7. The fourth-order valence-electron chi connectivity index (χ4n) is 10.3. The van der Waals surface area contributed by atoms with Crippen LogP contribution in [0.25, 0.3) is 0 Å². The zero-order valence-corrected chi connectivity index (χ0v) is 22.9. The molecule has 6 nitrogen and oxygen atoms in total. The first-order chi connectivity index (χ1) is 16.7. The van der Waals surface area contributed by atoms with E-state index in [-0.39, 0.29) is 17.6 Å². The zero-order chi connectivity index (χ0) is 24.5. The quantitative estimate of drug-likeness (QED) is 0.622. The lowest BCUT2D eigenvalue weighted by atomic mass is 9.44. The van der Waals surface area contributed by atoms with Gasteiger partial charge in [0.25, 0.3) is 0 Å². The van der Waals surface area contributed by atoms with Crippen LogP contribution in [0.3, 0.4) is 0 Å². The smallest absolute Gasteiger partial charge is 0.0751 e. The Morgan fingerprint density at radius 2 is 1.26 bits per heavy atom. The van der Waals surface area contributed by atoms with Crippen LogP contribution < -0.4 is 0 Å². The van der Waals surface area contributed by atoms with Crippen LogP contribution in [0.1, 0.15) is 58.8 Å². The molecule has 0 unspecified atom stereocenters. The largest absolute Gasteiger partial charge is 0.391 e. The van der Waals surface area contributed by atoms with Crippen molar-refractivity contribution >= 4 is 0 Å². The van der Waals surface area contributed by atoms with Crippen molar-refractivity contribution in [3.05, 3.63) is 0 Å². The Hall–Kier alpha value is -0.240. The highest BCUT2D eigenvalue weighted by Gasteiger charge is 2.63. The minimum atomic E-state index is -0.173. The van der Waals surface area contributed by atoms with Crippen LogP contribution >= 0.6 is 0 Å². The van der Waals surface area contributed by atoms with Crippen LogP contribution in [0.4, 0.5) is 0 Å². The first-order valence-electron chi connectivity index (χ1n) is 14.9. The molecule has 0 aromatic rings. The van der Waals surface area contributed by atoms with Gasteiger partial charge in [-0.2, -0.15) is 0 Å². The second-order valence-electron chi connectivity index (χ2n) is 14.2. The number of nitrogens with zero attached hydrogens (tertiary/aromatic N) is 4. The number of aliphatic hydroxyl groups is 2. The first kappa shape index (κ1) is 25.1. The SMILES string of the molecule is CN1CCN([C@H]2C[C@@]3(C)[C@@H](CC[C@@H]4[C@@H]3CC[C@]3(C)[C@H](O)[C@@H](N5CCN(C)CC5)C[C@@H]43)C[C@H]2O)CC1. The van der Waals surface area contributed by atoms with Crippen LogP contribution in [0.2, 0.25) is 0 Å². The molecule has 0 spiro atoms. The summed E-state index contributed by atoms with van der Waals surface area (Å²) in [4.78, 5) is 10.1. The van der Waals surface area contributed by atoms with Gasteiger partial charge >= 0.3 is 0 Å². The van der Waals surface area contributed by atoms with Gasteiger partial charge in [0.2, 0.25) is 0 Å². The molecule has 6 aliphatic rings. The Morgan fingerprint density at radius 3 is 1.89 bits per heavy atom. The van der Waals surface area contributed by atoms with Crippen LogP contribution in [0.5, 0.6) is 0 Å². The molecule has 2 N–H and O–H groups in total. The molecule has 4 aliphatic carbocycles. The van der Waals surface area contributed by atoms with Gasteiger partial charge in [-0.15, -0.1) is 0 Å². The van der Waals surface area contributed by atoms with Gasteiger partial charge in [0.05, 0.1) is 12.2 Å². The van der Waals surface area contributed by atoms with Gasteiger partial charge in [-0.05, 0) is 93.5 Å². The maximum atomic E-state index is 11.7. The van der Waals surface area contributed by atoms with E-state index in [2.05, 4.69) is 47.5 Å². The van der Waals surface area contributed by atoms with Crippen LogP contribution in [-0.2, 0) is 0 Å².